The number of thioether (sulfide) groups is 1. The Labute approximate surface area is 143 Å². The molecule has 0 radical (unpaired) electrons. The molecule has 2 aliphatic rings. The Kier molecular flexibility index (Phi) is 6.37. The zero-order valence-corrected chi connectivity index (χ0v) is 14.4. The van der Waals surface area contributed by atoms with Gasteiger partial charge in [-0.25, -0.2) is 0 Å². The molecule has 1 aromatic carbocycles. The SMILES string of the molecule is O=C(C(CNC1CCCSC1)c1ccccc1)N1CCOCC1. The summed E-state index contributed by atoms with van der Waals surface area (Å²) in [5, 5.41) is 3.64. The van der Waals surface area contributed by atoms with Crippen LogP contribution in [0.4, 0.5) is 0 Å². The number of hydrogen-bond donors (Lipinski definition) is 1. The van der Waals surface area contributed by atoms with Crippen molar-refractivity contribution in [2.75, 3.05) is 44.4 Å². The highest BCUT2D eigenvalue weighted by Crippen LogP contribution is 2.21. The van der Waals surface area contributed by atoms with E-state index in [1.807, 2.05) is 34.9 Å². The van der Waals surface area contributed by atoms with Crippen LogP contribution in [0.3, 0.4) is 0 Å². The van der Waals surface area contributed by atoms with Gasteiger partial charge >= 0.3 is 0 Å². The van der Waals surface area contributed by atoms with E-state index < -0.39 is 0 Å². The maximum atomic E-state index is 13.0. The molecule has 126 valence electrons. The van der Waals surface area contributed by atoms with E-state index in [0.717, 1.165) is 17.9 Å². The fourth-order valence-corrected chi connectivity index (χ4v) is 4.33. The summed E-state index contributed by atoms with van der Waals surface area (Å²) in [6, 6.07) is 10.7. The van der Waals surface area contributed by atoms with Crippen LogP contribution in [-0.2, 0) is 9.53 Å². The molecule has 0 spiro atoms. The Morgan fingerprint density at radius 3 is 2.78 bits per heavy atom. The first-order chi connectivity index (χ1) is 11.3. The second-order valence-corrected chi connectivity index (χ2v) is 7.37. The molecule has 5 heteroatoms. The van der Waals surface area contributed by atoms with E-state index in [1.54, 1.807) is 0 Å². The molecule has 1 amide bonds. The number of carbonyl (C=O) groups is 1. The summed E-state index contributed by atoms with van der Waals surface area (Å²) in [5.41, 5.74) is 1.11. The molecule has 1 aromatic rings. The number of amides is 1. The number of hydrogen-bond acceptors (Lipinski definition) is 4. The van der Waals surface area contributed by atoms with E-state index in [2.05, 4.69) is 17.4 Å². The average molecular weight is 334 g/mol. The van der Waals surface area contributed by atoms with Crippen LogP contribution in [0.25, 0.3) is 0 Å². The van der Waals surface area contributed by atoms with Crippen LogP contribution in [0.5, 0.6) is 0 Å². The van der Waals surface area contributed by atoms with Crippen molar-refractivity contribution in [2.45, 2.75) is 24.8 Å². The van der Waals surface area contributed by atoms with Gasteiger partial charge in [0.2, 0.25) is 5.91 Å². The van der Waals surface area contributed by atoms with Crippen LogP contribution >= 0.6 is 11.8 Å². The smallest absolute Gasteiger partial charge is 0.231 e. The highest BCUT2D eigenvalue weighted by molar-refractivity contribution is 7.99. The molecule has 2 fully saturated rings. The molecule has 0 bridgehead atoms. The summed E-state index contributed by atoms with van der Waals surface area (Å²) in [5.74, 6) is 2.57. The van der Waals surface area contributed by atoms with Crippen molar-refractivity contribution in [1.29, 1.82) is 0 Å². The van der Waals surface area contributed by atoms with E-state index >= 15 is 0 Å². The average Bonchev–Trinajstić information content (AvgIpc) is 2.64. The van der Waals surface area contributed by atoms with Crippen molar-refractivity contribution in [1.82, 2.24) is 10.2 Å². The summed E-state index contributed by atoms with van der Waals surface area (Å²) < 4.78 is 5.38. The topological polar surface area (TPSA) is 41.6 Å². The fourth-order valence-electron chi connectivity index (χ4n) is 3.22. The second-order valence-electron chi connectivity index (χ2n) is 6.22. The molecule has 2 saturated heterocycles. The number of ether oxygens (including phenoxy) is 1. The summed E-state index contributed by atoms with van der Waals surface area (Å²) >= 11 is 2.01. The van der Waals surface area contributed by atoms with E-state index in [4.69, 9.17) is 4.74 Å². The van der Waals surface area contributed by atoms with Gasteiger partial charge in [-0.2, -0.15) is 11.8 Å². The number of benzene rings is 1. The number of rotatable bonds is 5. The van der Waals surface area contributed by atoms with Crippen molar-refractivity contribution in [2.24, 2.45) is 0 Å². The van der Waals surface area contributed by atoms with Crippen LogP contribution < -0.4 is 5.32 Å². The van der Waals surface area contributed by atoms with Gasteiger partial charge in [-0.05, 0) is 24.2 Å². The van der Waals surface area contributed by atoms with Gasteiger partial charge in [0.1, 0.15) is 0 Å². The third kappa shape index (κ3) is 4.72. The van der Waals surface area contributed by atoms with Crippen molar-refractivity contribution in [3.63, 3.8) is 0 Å². The summed E-state index contributed by atoms with van der Waals surface area (Å²) in [6.45, 7) is 3.45. The number of nitrogens with zero attached hydrogens (tertiary/aromatic N) is 1. The van der Waals surface area contributed by atoms with Gasteiger partial charge in [-0.3, -0.25) is 4.79 Å². The molecular weight excluding hydrogens is 308 g/mol. The predicted octanol–water partition coefficient (Wildman–Crippen LogP) is 2.11. The van der Waals surface area contributed by atoms with Crippen molar-refractivity contribution >= 4 is 17.7 Å². The van der Waals surface area contributed by atoms with Crippen molar-refractivity contribution in [3.05, 3.63) is 35.9 Å². The molecule has 0 aromatic heterocycles. The quantitative estimate of drug-likeness (QED) is 0.895. The first-order valence-corrected chi connectivity index (χ1v) is 9.72. The monoisotopic (exact) mass is 334 g/mol. The van der Waals surface area contributed by atoms with E-state index in [0.29, 0.717) is 32.3 Å². The fraction of sp³-hybridized carbons (Fsp3) is 0.611. The standard InChI is InChI=1S/C18H26N2O2S/c21-18(20-8-10-22-11-9-20)17(15-5-2-1-3-6-15)13-19-16-7-4-12-23-14-16/h1-3,5-6,16-17,19H,4,7-14H2. The lowest BCUT2D eigenvalue weighted by Crippen LogP contribution is -2.46. The molecule has 2 unspecified atom stereocenters. The molecule has 0 saturated carbocycles. The van der Waals surface area contributed by atoms with Crippen molar-refractivity contribution in [3.8, 4) is 0 Å². The van der Waals surface area contributed by atoms with Crippen molar-refractivity contribution < 1.29 is 9.53 Å². The number of nitrogens with one attached hydrogen (secondary N) is 1. The maximum Gasteiger partial charge on any atom is 0.231 e. The van der Waals surface area contributed by atoms with Gasteiger partial charge in [0, 0.05) is 31.4 Å². The predicted molar refractivity (Wildman–Crippen MR) is 94.9 cm³/mol. The zero-order chi connectivity index (χ0) is 15.9. The Morgan fingerprint density at radius 1 is 1.30 bits per heavy atom. The number of morpholine rings is 1. The first-order valence-electron chi connectivity index (χ1n) is 8.57. The molecule has 23 heavy (non-hydrogen) atoms. The zero-order valence-electron chi connectivity index (χ0n) is 13.6. The van der Waals surface area contributed by atoms with Gasteiger partial charge in [0.25, 0.3) is 0 Å². The second kappa shape index (κ2) is 8.71. The number of carbonyl (C=O) groups excluding carboxylic acids is 1. The Balaban J connectivity index is 1.66. The van der Waals surface area contributed by atoms with Crippen LogP contribution in [0.15, 0.2) is 30.3 Å². The summed E-state index contributed by atoms with van der Waals surface area (Å²) in [4.78, 5) is 15.0. The highest BCUT2D eigenvalue weighted by atomic mass is 32.2. The lowest BCUT2D eigenvalue weighted by atomic mass is 9.96. The molecule has 2 heterocycles. The molecule has 3 rings (SSSR count). The molecule has 2 atom stereocenters. The van der Waals surface area contributed by atoms with Gasteiger partial charge in [0.05, 0.1) is 19.1 Å². The normalized spacial score (nSPS) is 23.5. The van der Waals surface area contributed by atoms with E-state index in [9.17, 15) is 4.79 Å². The third-order valence-corrected chi connectivity index (χ3v) is 5.81. The van der Waals surface area contributed by atoms with Gasteiger partial charge in [0.15, 0.2) is 0 Å². The van der Waals surface area contributed by atoms with Gasteiger partial charge < -0.3 is 15.0 Å². The van der Waals surface area contributed by atoms with Crippen LogP contribution in [0, 0.1) is 0 Å². The van der Waals surface area contributed by atoms with Crippen LogP contribution in [-0.4, -0.2) is 61.2 Å². The highest BCUT2D eigenvalue weighted by Gasteiger charge is 2.28. The third-order valence-electron chi connectivity index (χ3n) is 4.59. The Morgan fingerprint density at radius 2 is 2.09 bits per heavy atom. The van der Waals surface area contributed by atoms with E-state index in [-0.39, 0.29) is 11.8 Å². The molecule has 1 N–H and O–H groups in total. The van der Waals surface area contributed by atoms with Crippen LogP contribution in [0.1, 0.15) is 24.3 Å². The molecule has 0 aliphatic carbocycles. The molecule has 4 nitrogen and oxygen atoms in total. The summed E-state index contributed by atoms with van der Waals surface area (Å²) in [7, 11) is 0. The lowest BCUT2D eigenvalue weighted by molar-refractivity contribution is -0.136. The van der Waals surface area contributed by atoms with Gasteiger partial charge in [-0.1, -0.05) is 30.3 Å². The lowest BCUT2D eigenvalue weighted by Gasteiger charge is -2.32. The minimum atomic E-state index is -0.0961. The minimum absolute atomic E-state index is 0.0961. The largest absolute Gasteiger partial charge is 0.378 e. The maximum absolute atomic E-state index is 13.0. The molecule has 2 aliphatic heterocycles. The Hall–Kier alpha value is -1.04. The van der Waals surface area contributed by atoms with Gasteiger partial charge in [-0.15, -0.1) is 0 Å². The van der Waals surface area contributed by atoms with Crippen LogP contribution in [0.2, 0.25) is 0 Å². The first kappa shape index (κ1) is 16.8. The van der Waals surface area contributed by atoms with E-state index in [1.165, 1.54) is 18.6 Å². The Bertz CT molecular complexity index is 485. The molecular formula is C18H26N2O2S. The summed E-state index contributed by atoms with van der Waals surface area (Å²) in [6.07, 6.45) is 2.50. The minimum Gasteiger partial charge on any atom is -0.378 e.